The minimum absolute atomic E-state index is 0.0602. The topological polar surface area (TPSA) is 77.0 Å². The molecule has 2 aromatic heterocycles. The Kier molecular flexibility index (Phi) is 3.62. The van der Waals surface area contributed by atoms with Gasteiger partial charge in [0.25, 0.3) is 5.91 Å². The summed E-state index contributed by atoms with van der Waals surface area (Å²) in [5.74, 6) is 1.43. The Balaban J connectivity index is 2.11. The monoisotopic (exact) mass is 313 g/mol. The highest BCUT2D eigenvalue weighted by Gasteiger charge is 2.38. The van der Waals surface area contributed by atoms with Crippen molar-refractivity contribution in [2.75, 3.05) is 11.4 Å². The number of carbonyl (C=O) groups excluding carboxylic acids is 1. The maximum Gasteiger partial charge on any atom is 0.252 e. The SMILES string of the molecule is Cc1ccn(-c2ccc(C(N)=O)c(N3CC(C)CC3(C)C)n2)n1. The molecular formula is C17H23N5O. The van der Waals surface area contributed by atoms with Gasteiger partial charge in [-0.25, -0.2) is 9.67 Å². The number of aryl methyl sites for hydroxylation is 1. The van der Waals surface area contributed by atoms with E-state index in [0.717, 1.165) is 18.7 Å². The number of anilines is 1. The predicted octanol–water partition coefficient (Wildman–Crippen LogP) is 2.30. The quantitative estimate of drug-likeness (QED) is 0.943. The minimum Gasteiger partial charge on any atom is -0.365 e. The molecular weight excluding hydrogens is 290 g/mol. The second-order valence-corrected chi connectivity index (χ2v) is 7.04. The van der Waals surface area contributed by atoms with Gasteiger partial charge in [-0.2, -0.15) is 5.10 Å². The molecule has 0 aliphatic carbocycles. The molecule has 2 aromatic rings. The molecule has 1 fully saturated rings. The Labute approximate surface area is 136 Å². The highest BCUT2D eigenvalue weighted by atomic mass is 16.1. The van der Waals surface area contributed by atoms with Gasteiger partial charge in [0, 0.05) is 18.3 Å². The molecule has 0 radical (unpaired) electrons. The Morgan fingerprint density at radius 2 is 2.09 bits per heavy atom. The van der Waals surface area contributed by atoms with E-state index < -0.39 is 5.91 Å². The zero-order valence-electron chi connectivity index (χ0n) is 14.1. The lowest BCUT2D eigenvalue weighted by Crippen LogP contribution is -2.40. The van der Waals surface area contributed by atoms with Crippen molar-refractivity contribution in [1.29, 1.82) is 0 Å². The number of hydrogen-bond donors (Lipinski definition) is 1. The second-order valence-electron chi connectivity index (χ2n) is 7.04. The van der Waals surface area contributed by atoms with E-state index in [4.69, 9.17) is 10.7 Å². The minimum atomic E-state index is -0.453. The third-order valence-corrected chi connectivity index (χ3v) is 4.41. The molecule has 1 atom stereocenters. The standard InChI is InChI=1S/C17H23N5O/c1-11-9-17(3,4)21(10-11)16-13(15(18)23)5-6-14(19-16)22-8-7-12(2)20-22/h5-8,11H,9-10H2,1-4H3,(H2,18,23). The van der Waals surface area contributed by atoms with E-state index in [-0.39, 0.29) is 5.54 Å². The maximum absolute atomic E-state index is 11.9. The molecule has 0 spiro atoms. The van der Waals surface area contributed by atoms with Crippen LogP contribution in [0.4, 0.5) is 5.82 Å². The fourth-order valence-electron chi connectivity index (χ4n) is 3.47. The number of primary amides is 1. The van der Waals surface area contributed by atoms with Crippen LogP contribution in [-0.2, 0) is 0 Å². The van der Waals surface area contributed by atoms with Crippen LogP contribution in [0, 0.1) is 12.8 Å². The molecule has 2 N–H and O–H groups in total. The largest absolute Gasteiger partial charge is 0.365 e. The van der Waals surface area contributed by atoms with Gasteiger partial charge >= 0.3 is 0 Å². The lowest BCUT2D eigenvalue weighted by Gasteiger charge is -2.33. The lowest BCUT2D eigenvalue weighted by molar-refractivity contribution is 0.100. The van der Waals surface area contributed by atoms with E-state index in [1.54, 1.807) is 16.8 Å². The summed E-state index contributed by atoms with van der Waals surface area (Å²) in [6.07, 6.45) is 2.92. The Hall–Kier alpha value is -2.37. The number of nitrogens with zero attached hydrogens (tertiary/aromatic N) is 4. The number of pyridine rings is 1. The van der Waals surface area contributed by atoms with Crippen LogP contribution < -0.4 is 10.6 Å². The molecule has 1 unspecified atom stereocenters. The number of nitrogens with two attached hydrogens (primary N) is 1. The molecule has 122 valence electrons. The van der Waals surface area contributed by atoms with Crippen molar-refractivity contribution in [2.24, 2.45) is 11.7 Å². The van der Waals surface area contributed by atoms with Gasteiger partial charge in [0.15, 0.2) is 5.82 Å². The second kappa shape index (κ2) is 5.37. The Morgan fingerprint density at radius 1 is 1.35 bits per heavy atom. The first-order valence-electron chi connectivity index (χ1n) is 7.89. The van der Waals surface area contributed by atoms with Crippen LogP contribution in [0.3, 0.4) is 0 Å². The molecule has 23 heavy (non-hydrogen) atoms. The number of carbonyl (C=O) groups is 1. The molecule has 1 amide bonds. The lowest BCUT2D eigenvalue weighted by atomic mass is 9.97. The van der Waals surface area contributed by atoms with Gasteiger partial charge in [0.05, 0.1) is 11.3 Å². The van der Waals surface area contributed by atoms with Crippen molar-refractivity contribution in [3.8, 4) is 5.82 Å². The highest BCUT2D eigenvalue weighted by Crippen LogP contribution is 2.37. The zero-order valence-corrected chi connectivity index (χ0v) is 14.1. The van der Waals surface area contributed by atoms with Gasteiger partial charge in [-0.15, -0.1) is 0 Å². The van der Waals surface area contributed by atoms with E-state index in [2.05, 4.69) is 30.8 Å². The third kappa shape index (κ3) is 2.81. The smallest absolute Gasteiger partial charge is 0.252 e. The van der Waals surface area contributed by atoms with Crippen LogP contribution in [0.15, 0.2) is 24.4 Å². The van der Waals surface area contributed by atoms with Crippen molar-refractivity contribution in [3.05, 3.63) is 35.7 Å². The van der Waals surface area contributed by atoms with Crippen LogP contribution in [0.25, 0.3) is 5.82 Å². The summed E-state index contributed by atoms with van der Waals surface area (Å²) in [6, 6.07) is 5.45. The van der Waals surface area contributed by atoms with E-state index in [1.807, 2.05) is 19.2 Å². The van der Waals surface area contributed by atoms with E-state index in [0.29, 0.717) is 23.1 Å². The summed E-state index contributed by atoms with van der Waals surface area (Å²) in [5.41, 5.74) is 6.89. The molecule has 1 saturated heterocycles. The van der Waals surface area contributed by atoms with Crippen LogP contribution in [0.5, 0.6) is 0 Å². The van der Waals surface area contributed by atoms with E-state index >= 15 is 0 Å². The van der Waals surface area contributed by atoms with Crippen molar-refractivity contribution >= 4 is 11.7 Å². The van der Waals surface area contributed by atoms with E-state index in [9.17, 15) is 4.79 Å². The first-order valence-corrected chi connectivity index (χ1v) is 7.89. The predicted molar refractivity (Wildman–Crippen MR) is 89.8 cm³/mol. The third-order valence-electron chi connectivity index (χ3n) is 4.41. The molecule has 6 heteroatoms. The maximum atomic E-state index is 11.9. The van der Waals surface area contributed by atoms with Gasteiger partial charge in [-0.3, -0.25) is 4.79 Å². The Morgan fingerprint density at radius 3 is 2.61 bits per heavy atom. The number of aromatic nitrogens is 3. The zero-order chi connectivity index (χ0) is 16.8. The Bertz CT molecular complexity index is 749. The van der Waals surface area contributed by atoms with Gasteiger partial charge < -0.3 is 10.6 Å². The summed E-state index contributed by atoms with van der Waals surface area (Å²) in [5, 5.41) is 4.39. The van der Waals surface area contributed by atoms with E-state index in [1.165, 1.54) is 0 Å². The highest BCUT2D eigenvalue weighted by molar-refractivity contribution is 5.98. The van der Waals surface area contributed by atoms with Crippen LogP contribution >= 0.6 is 0 Å². The molecule has 0 aromatic carbocycles. The average molecular weight is 313 g/mol. The van der Waals surface area contributed by atoms with Gasteiger partial charge in [0.2, 0.25) is 0 Å². The molecule has 3 rings (SSSR count). The summed E-state index contributed by atoms with van der Waals surface area (Å²) < 4.78 is 1.72. The molecule has 1 aliphatic heterocycles. The molecule has 3 heterocycles. The van der Waals surface area contributed by atoms with Crippen molar-refractivity contribution < 1.29 is 4.79 Å². The first-order chi connectivity index (χ1) is 10.8. The van der Waals surface area contributed by atoms with Gasteiger partial charge in [-0.1, -0.05) is 6.92 Å². The van der Waals surface area contributed by atoms with Crippen LogP contribution in [0.1, 0.15) is 43.2 Å². The van der Waals surface area contributed by atoms with Gasteiger partial charge in [-0.05, 0) is 51.3 Å². The normalized spacial score (nSPS) is 20.0. The number of hydrogen-bond acceptors (Lipinski definition) is 4. The molecule has 0 bridgehead atoms. The molecule has 0 saturated carbocycles. The fraction of sp³-hybridized carbons (Fsp3) is 0.471. The average Bonchev–Trinajstić information content (AvgIpc) is 3.00. The van der Waals surface area contributed by atoms with Crippen molar-refractivity contribution in [2.45, 2.75) is 39.7 Å². The first kappa shape index (κ1) is 15.5. The van der Waals surface area contributed by atoms with Crippen molar-refractivity contribution in [1.82, 2.24) is 14.8 Å². The number of amides is 1. The van der Waals surface area contributed by atoms with Crippen molar-refractivity contribution in [3.63, 3.8) is 0 Å². The summed E-state index contributed by atoms with van der Waals surface area (Å²) >= 11 is 0. The summed E-state index contributed by atoms with van der Waals surface area (Å²) in [6.45, 7) is 9.36. The summed E-state index contributed by atoms with van der Waals surface area (Å²) in [7, 11) is 0. The van der Waals surface area contributed by atoms with Crippen LogP contribution in [0.2, 0.25) is 0 Å². The molecule has 6 nitrogen and oxygen atoms in total. The van der Waals surface area contributed by atoms with Gasteiger partial charge in [0.1, 0.15) is 5.82 Å². The fourth-order valence-corrected chi connectivity index (χ4v) is 3.47. The summed E-state index contributed by atoms with van der Waals surface area (Å²) in [4.78, 5) is 18.8. The number of rotatable bonds is 3. The molecule has 1 aliphatic rings. The van der Waals surface area contributed by atoms with Crippen LogP contribution in [-0.4, -0.2) is 32.8 Å².